The minimum atomic E-state index is 0.291. The van der Waals surface area contributed by atoms with E-state index in [1.165, 1.54) is 24.8 Å². The molecule has 0 heterocycles. The van der Waals surface area contributed by atoms with Gasteiger partial charge in [-0.15, -0.1) is 0 Å². The predicted molar refractivity (Wildman–Crippen MR) is 71.3 cm³/mol. The van der Waals surface area contributed by atoms with Gasteiger partial charge in [0.05, 0.1) is 0 Å². The summed E-state index contributed by atoms with van der Waals surface area (Å²) in [4.78, 5) is 0. The van der Waals surface area contributed by atoms with E-state index >= 15 is 0 Å². The molecule has 88 valence electrons. The molecule has 0 atom stereocenters. The molecule has 1 aliphatic rings. The fourth-order valence-electron chi connectivity index (χ4n) is 2.73. The van der Waals surface area contributed by atoms with Crippen molar-refractivity contribution in [1.29, 1.82) is 0 Å². The molecular formula is C16H24. The van der Waals surface area contributed by atoms with Crippen LogP contribution in [0.25, 0.3) is 0 Å². The molecule has 0 aliphatic heterocycles. The maximum absolute atomic E-state index is 2.45. The molecule has 1 aromatic carbocycles. The van der Waals surface area contributed by atoms with Crippen LogP contribution in [0.3, 0.4) is 0 Å². The zero-order chi connectivity index (χ0) is 11.9. The second kappa shape index (κ2) is 3.91. The molecule has 0 unspecified atom stereocenters. The van der Waals surface area contributed by atoms with E-state index in [-0.39, 0.29) is 0 Å². The number of fused-ring (bicyclic) bond motifs is 1. The lowest BCUT2D eigenvalue weighted by Crippen LogP contribution is -2.15. The van der Waals surface area contributed by atoms with Crippen molar-refractivity contribution in [3.63, 3.8) is 0 Å². The van der Waals surface area contributed by atoms with Crippen molar-refractivity contribution in [3.8, 4) is 0 Å². The monoisotopic (exact) mass is 216 g/mol. The highest BCUT2D eigenvalue weighted by Gasteiger charge is 2.24. The first kappa shape index (κ1) is 11.7. The van der Waals surface area contributed by atoms with E-state index in [0.717, 1.165) is 0 Å². The standard InChI is InChI=1S/C16H24/c1-11(2)13-9-12-7-6-8-14(12)15(10-13)16(3,4)5/h9-11H,6-8H2,1-5H3. The third-order valence-electron chi connectivity index (χ3n) is 3.71. The number of benzene rings is 1. The van der Waals surface area contributed by atoms with Gasteiger partial charge in [-0.05, 0) is 52.8 Å². The van der Waals surface area contributed by atoms with E-state index in [9.17, 15) is 0 Å². The molecule has 0 nitrogen and oxygen atoms in total. The molecular weight excluding hydrogens is 192 g/mol. The quantitative estimate of drug-likeness (QED) is 0.644. The van der Waals surface area contributed by atoms with Crippen LogP contribution in [0.5, 0.6) is 0 Å². The van der Waals surface area contributed by atoms with E-state index in [2.05, 4.69) is 46.8 Å². The Bertz CT molecular complexity index is 391. The fourth-order valence-corrected chi connectivity index (χ4v) is 2.73. The molecule has 2 rings (SSSR count). The Morgan fingerprint density at radius 1 is 1.06 bits per heavy atom. The smallest absolute Gasteiger partial charge is 0.0129 e. The van der Waals surface area contributed by atoms with E-state index in [1.54, 1.807) is 16.7 Å². The lowest BCUT2D eigenvalue weighted by atomic mass is 9.80. The van der Waals surface area contributed by atoms with E-state index < -0.39 is 0 Å². The summed E-state index contributed by atoms with van der Waals surface area (Å²) in [6.45, 7) is 11.6. The number of rotatable bonds is 1. The van der Waals surface area contributed by atoms with Crippen molar-refractivity contribution >= 4 is 0 Å². The molecule has 0 heteroatoms. The molecule has 16 heavy (non-hydrogen) atoms. The van der Waals surface area contributed by atoms with Gasteiger partial charge in [-0.1, -0.05) is 46.8 Å². The van der Waals surface area contributed by atoms with Crippen molar-refractivity contribution in [2.24, 2.45) is 0 Å². The van der Waals surface area contributed by atoms with Gasteiger partial charge in [0.15, 0.2) is 0 Å². The van der Waals surface area contributed by atoms with Crippen molar-refractivity contribution in [2.75, 3.05) is 0 Å². The largest absolute Gasteiger partial charge is 0.0587 e. The minimum absolute atomic E-state index is 0.291. The second-order valence-corrected chi connectivity index (χ2v) is 6.46. The van der Waals surface area contributed by atoms with Crippen LogP contribution >= 0.6 is 0 Å². The molecule has 0 saturated carbocycles. The summed E-state index contributed by atoms with van der Waals surface area (Å²) in [5.74, 6) is 0.645. The fraction of sp³-hybridized carbons (Fsp3) is 0.625. The van der Waals surface area contributed by atoms with E-state index in [1.807, 2.05) is 0 Å². The molecule has 0 saturated heterocycles. The first-order valence-corrected chi connectivity index (χ1v) is 6.56. The lowest BCUT2D eigenvalue weighted by molar-refractivity contribution is 0.582. The SMILES string of the molecule is CC(C)c1cc2c(c(C(C)(C)C)c1)CCC2. The van der Waals surface area contributed by atoms with Gasteiger partial charge in [0, 0.05) is 0 Å². The first-order valence-electron chi connectivity index (χ1n) is 6.56. The van der Waals surface area contributed by atoms with Crippen LogP contribution in [0.2, 0.25) is 0 Å². The van der Waals surface area contributed by atoms with Gasteiger partial charge in [0.1, 0.15) is 0 Å². The molecule has 1 aliphatic carbocycles. The molecule has 0 aromatic heterocycles. The van der Waals surface area contributed by atoms with Crippen LogP contribution in [0.15, 0.2) is 12.1 Å². The van der Waals surface area contributed by atoms with Gasteiger partial charge in [-0.3, -0.25) is 0 Å². The number of aryl methyl sites for hydroxylation is 1. The summed E-state index contributed by atoms with van der Waals surface area (Å²) in [5.41, 5.74) is 6.67. The van der Waals surface area contributed by atoms with Crippen LogP contribution in [0.1, 0.15) is 69.2 Å². The summed E-state index contributed by atoms with van der Waals surface area (Å²) >= 11 is 0. The highest BCUT2D eigenvalue weighted by Crippen LogP contribution is 2.35. The van der Waals surface area contributed by atoms with Gasteiger partial charge in [-0.2, -0.15) is 0 Å². The van der Waals surface area contributed by atoms with Crippen LogP contribution in [-0.4, -0.2) is 0 Å². The van der Waals surface area contributed by atoms with Crippen LogP contribution < -0.4 is 0 Å². The summed E-state index contributed by atoms with van der Waals surface area (Å²) in [7, 11) is 0. The third-order valence-corrected chi connectivity index (χ3v) is 3.71. The molecule has 0 N–H and O–H groups in total. The summed E-state index contributed by atoms with van der Waals surface area (Å²) in [6.07, 6.45) is 3.93. The Labute approximate surface area is 100 Å². The van der Waals surface area contributed by atoms with Crippen LogP contribution in [0, 0.1) is 0 Å². The Balaban J connectivity index is 2.58. The third kappa shape index (κ3) is 2.03. The molecule has 0 spiro atoms. The summed E-state index contributed by atoms with van der Waals surface area (Å²) in [5, 5.41) is 0. The topological polar surface area (TPSA) is 0 Å². The van der Waals surface area contributed by atoms with Crippen molar-refractivity contribution in [1.82, 2.24) is 0 Å². The Morgan fingerprint density at radius 3 is 2.31 bits per heavy atom. The second-order valence-electron chi connectivity index (χ2n) is 6.46. The van der Waals surface area contributed by atoms with Gasteiger partial charge >= 0.3 is 0 Å². The Morgan fingerprint density at radius 2 is 1.75 bits per heavy atom. The maximum atomic E-state index is 2.45. The molecule has 0 radical (unpaired) electrons. The number of hydrogen-bond acceptors (Lipinski definition) is 0. The Hall–Kier alpha value is -0.780. The molecule has 0 bridgehead atoms. The highest BCUT2D eigenvalue weighted by atomic mass is 14.3. The lowest BCUT2D eigenvalue weighted by Gasteiger charge is -2.25. The van der Waals surface area contributed by atoms with Crippen molar-refractivity contribution in [2.45, 2.75) is 65.2 Å². The van der Waals surface area contributed by atoms with E-state index in [0.29, 0.717) is 11.3 Å². The van der Waals surface area contributed by atoms with Gasteiger partial charge in [-0.25, -0.2) is 0 Å². The van der Waals surface area contributed by atoms with Crippen LogP contribution in [-0.2, 0) is 18.3 Å². The minimum Gasteiger partial charge on any atom is -0.0587 e. The molecule has 1 aromatic rings. The maximum Gasteiger partial charge on any atom is -0.0129 e. The Kier molecular flexibility index (Phi) is 2.86. The van der Waals surface area contributed by atoms with Crippen LogP contribution in [0.4, 0.5) is 0 Å². The zero-order valence-electron chi connectivity index (χ0n) is 11.4. The predicted octanol–water partition coefficient (Wildman–Crippen LogP) is 4.60. The zero-order valence-corrected chi connectivity index (χ0v) is 11.4. The highest BCUT2D eigenvalue weighted by molar-refractivity contribution is 5.45. The molecule has 0 amide bonds. The van der Waals surface area contributed by atoms with Gasteiger partial charge in [0.25, 0.3) is 0 Å². The average molecular weight is 216 g/mol. The number of hydrogen-bond donors (Lipinski definition) is 0. The molecule has 0 fully saturated rings. The first-order chi connectivity index (χ1) is 7.39. The summed E-state index contributed by atoms with van der Waals surface area (Å²) < 4.78 is 0. The van der Waals surface area contributed by atoms with Crippen molar-refractivity contribution < 1.29 is 0 Å². The van der Waals surface area contributed by atoms with Gasteiger partial charge in [0.2, 0.25) is 0 Å². The average Bonchev–Trinajstić information content (AvgIpc) is 2.61. The van der Waals surface area contributed by atoms with E-state index in [4.69, 9.17) is 0 Å². The normalized spacial score (nSPS) is 15.6. The summed E-state index contributed by atoms with van der Waals surface area (Å²) in [6, 6.07) is 4.90. The van der Waals surface area contributed by atoms with Crippen molar-refractivity contribution in [3.05, 3.63) is 34.4 Å². The van der Waals surface area contributed by atoms with Gasteiger partial charge < -0.3 is 0 Å².